The molecule has 86 valence electrons. The zero-order valence-corrected chi connectivity index (χ0v) is 10.4. The lowest BCUT2D eigenvalue weighted by atomic mass is 10.2. The molecule has 0 unspecified atom stereocenters. The molecule has 0 amide bonds. The van der Waals surface area contributed by atoms with Gasteiger partial charge in [-0.25, -0.2) is 4.39 Å². The third-order valence-corrected chi connectivity index (χ3v) is 3.11. The van der Waals surface area contributed by atoms with E-state index in [4.69, 9.17) is 11.6 Å². The van der Waals surface area contributed by atoms with Crippen LogP contribution in [0.5, 0.6) is 0 Å². The van der Waals surface area contributed by atoms with Gasteiger partial charge in [0.05, 0.1) is 5.02 Å². The highest BCUT2D eigenvalue weighted by molar-refractivity contribution is 8.13. The van der Waals surface area contributed by atoms with Crippen LogP contribution in [-0.4, -0.2) is 10.9 Å². The Kier molecular flexibility index (Phi) is 5.56. The second-order valence-corrected chi connectivity index (χ2v) is 4.82. The summed E-state index contributed by atoms with van der Waals surface area (Å²) in [7, 11) is 0. The predicted octanol–water partition coefficient (Wildman–Crippen LogP) is 4.16. The maximum atomic E-state index is 13.0. The third-order valence-electron chi connectivity index (χ3n) is 1.87. The van der Waals surface area contributed by atoms with Crippen molar-refractivity contribution in [2.24, 2.45) is 0 Å². The van der Waals surface area contributed by atoms with E-state index in [0.29, 0.717) is 5.56 Å². The van der Waals surface area contributed by atoms with Gasteiger partial charge in [-0.3, -0.25) is 4.79 Å². The first-order valence-corrected chi connectivity index (χ1v) is 6.21. The van der Waals surface area contributed by atoms with E-state index in [9.17, 15) is 9.18 Å². The summed E-state index contributed by atoms with van der Waals surface area (Å²) in [4.78, 5) is 10.6. The van der Waals surface area contributed by atoms with Crippen LogP contribution in [0.3, 0.4) is 0 Å². The second kappa shape index (κ2) is 6.71. The van der Waals surface area contributed by atoms with Crippen LogP contribution in [-0.2, 0) is 4.79 Å². The lowest BCUT2D eigenvalue weighted by molar-refractivity contribution is -0.109. The Labute approximate surface area is 104 Å². The second-order valence-electron chi connectivity index (χ2n) is 3.17. The van der Waals surface area contributed by atoms with Gasteiger partial charge in [-0.2, -0.15) is 0 Å². The number of thioether (sulfide) groups is 1. The molecule has 1 rings (SSSR count). The molecule has 0 atom stereocenters. The van der Waals surface area contributed by atoms with Crippen molar-refractivity contribution in [2.75, 3.05) is 5.75 Å². The van der Waals surface area contributed by atoms with Crippen molar-refractivity contribution in [1.82, 2.24) is 0 Å². The minimum absolute atomic E-state index is 0.109. The Bertz CT molecular complexity index is 404. The normalized spacial score (nSPS) is 10.9. The van der Waals surface area contributed by atoms with E-state index < -0.39 is 5.82 Å². The molecule has 0 radical (unpaired) electrons. The largest absolute Gasteiger partial charge is 0.288 e. The molecule has 0 N–H and O–H groups in total. The van der Waals surface area contributed by atoms with Crippen LogP contribution in [0.2, 0.25) is 5.02 Å². The lowest BCUT2D eigenvalue weighted by Gasteiger charge is -1.98. The van der Waals surface area contributed by atoms with Gasteiger partial charge in [0.2, 0.25) is 0 Å². The number of rotatable bonds is 4. The molecule has 0 spiro atoms. The van der Waals surface area contributed by atoms with E-state index in [-0.39, 0.29) is 10.1 Å². The molecule has 0 heterocycles. The van der Waals surface area contributed by atoms with Crippen LogP contribution in [0, 0.1) is 5.82 Å². The molecule has 0 aliphatic carbocycles. The number of allylic oxidation sites excluding steroid dienone is 1. The summed E-state index contributed by atoms with van der Waals surface area (Å²) >= 11 is 7.05. The average molecular weight is 259 g/mol. The molecule has 16 heavy (non-hydrogen) atoms. The van der Waals surface area contributed by atoms with Gasteiger partial charge < -0.3 is 0 Å². The number of halogens is 2. The van der Waals surface area contributed by atoms with E-state index in [2.05, 4.69) is 0 Å². The SMILES string of the molecule is CC(=O)SCCC=Cc1cccc(F)c1Cl. The molecule has 1 nitrogen and oxygen atoms in total. The first-order chi connectivity index (χ1) is 7.61. The van der Waals surface area contributed by atoms with Gasteiger partial charge in [0.25, 0.3) is 0 Å². The number of hydrogen-bond acceptors (Lipinski definition) is 2. The standard InChI is InChI=1S/C12H12ClFOS/c1-9(15)16-8-3-2-5-10-6-4-7-11(14)12(10)13/h2,4-7H,3,8H2,1H3. The van der Waals surface area contributed by atoms with Crippen molar-refractivity contribution < 1.29 is 9.18 Å². The number of benzene rings is 1. The number of hydrogen-bond donors (Lipinski definition) is 0. The van der Waals surface area contributed by atoms with Crippen LogP contribution in [0.1, 0.15) is 18.9 Å². The van der Waals surface area contributed by atoms with Crippen LogP contribution in [0.25, 0.3) is 6.08 Å². The van der Waals surface area contributed by atoms with Crippen molar-refractivity contribution in [3.05, 3.63) is 40.7 Å². The molecule has 1 aromatic carbocycles. The maximum Gasteiger partial charge on any atom is 0.185 e. The summed E-state index contributed by atoms with van der Waals surface area (Å²) < 4.78 is 13.0. The zero-order chi connectivity index (χ0) is 12.0. The average Bonchev–Trinajstić information content (AvgIpc) is 2.23. The Balaban J connectivity index is 2.50. The first-order valence-electron chi connectivity index (χ1n) is 4.85. The Hall–Kier alpha value is -0.800. The third kappa shape index (κ3) is 4.37. The van der Waals surface area contributed by atoms with E-state index in [1.54, 1.807) is 18.2 Å². The minimum atomic E-state index is -0.415. The highest BCUT2D eigenvalue weighted by Gasteiger charge is 2.01. The summed E-state index contributed by atoms with van der Waals surface area (Å²) in [5.41, 5.74) is 0.662. The van der Waals surface area contributed by atoms with Gasteiger partial charge in [-0.15, -0.1) is 0 Å². The van der Waals surface area contributed by atoms with Crippen molar-refractivity contribution in [3.8, 4) is 0 Å². The fourth-order valence-electron chi connectivity index (χ4n) is 1.13. The van der Waals surface area contributed by atoms with E-state index in [0.717, 1.165) is 12.2 Å². The predicted molar refractivity (Wildman–Crippen MR) is 68.2 cm³/mol. The summed E-state index contributed by atoms with van der Waals surface area (Å²) in [6.45, 7) is 1.54. The van der Waals surface area contributed by atoms with Gasteiger partial charge in [0.15, 0.2) is 5.12 Å². The van der Waals surface area contributed by atoms with Crippen LogP contribution in [0.4, 0.5) is 4.39 Å². The lowest BCUT2D eigenvalue weighted by Crippen LogP contribution is -1.84. The van der Waals surface area contributed by atoms with Crippen LogP contribution in [0.15, 0.2) is 24.3 Å². The van der Waals surface area contributed by atoms with Crippen molar-refractivity contribution in [3.63, 3.8) is 0 Å². The fourth-order valence-corrected chi connectivity index (χ4v) is 1.86. The van der Waals surface area contributed by atoms with Gasteiger partial charge in [-0.1, -0.05) is 47.6 Å². The number of carbonyl (C=O) groups excluding carboxylic acids is 1. The first kappa shape index (κ1) is 13.3. The smallest absolute Gasteiger partial charge is 0.185 e. The quantitative estimate of drug-likeness (QED) is 0.755. The molecular weight excluding hydrogens is 247 g/mol. The summed E-state index contributed by atoms with van der Waals surface area (Å²) in [6.07, 6.45) is 4.42. The van der Waals surface area contributed by atoms with Crippen molar-refractivity contribution >= 4 is 34.6 Å². The molecular formula is C12H12ClFOS. The molecule has 1 aromatic rings. The molecule has 0 aliphatic heterocycles. The van der Waals surface area contributed by atoms with Gasteiger partial charge in [0, 0.05) is 12.7 Å². The zero-order valence-electron chi connectivity index (χ0n) is 8.87. The monoisotopic (exact) mass is 258 g/mol. The molecule has 0 saturated carbocycles. The minimum Gasteiger partial charge on any atom is -0.288 e. The van der Waals surface area contributed by atoms with Crippen molar-refractivity contribution in [2.45, 2.75) is 13.3 Å². The Morgan fingerprint density at radius 2 is 2.31 bits per heavy atom. The summed E-state index contributed by atoms with van der Waals surface area (Å²) in [5.74, 6) is 0.320. The van der Waals surface area contributed by atoms with E-state index in [1.165, 1.54) is 24.8 Å². The Morgan fingerprint density at radius 3 is 3.00 bits per heavy atom. The molecule has 0 aromatic heterocycles. The van der Waals surface area contributed by atoms with Crippen LogP contribution < -0.4 is 0 Å². The number of carbonyl (C=O) groups is 1. The topological polar surface area (TPSA) is 17.1 Å². The van der Waals surface area contributed by atoms with Gasteiger partial charge >= 0.3 is 0 Å². The summed E-state index contributed by atoms with van der Waals surface area (Å²) in [5, 5.41) is 0.246. The van der Waals surface area contributed by atoms with E-state index >= 15 is 0 Å². The molecule has 0 aliphatic rings. The highest BCUT2D eigenvalue weighted by atomic mass is 35.5. The molecule has 0 fully saturated rings. The van der Waals surface area contributed by atoms with E-state index in [1.807, 2.05) is 6.08 Å². The highest BCUT2D eigenvalue weighted by Crippen LogP contribution is 2.21. The van der Waals surface area contributed by atoms with Crippen LogP contribution >= 0.6 is 23.4 Å². The van der Waals surface area contributed by atoms with Gasteiger partial charge in [-0.05, 0) is 18.1 Å². The summed E-state index contributed by atoms with van der Waals surface area (Å²) in [6, 6.07) is 4.69. The van der Waals surface area contributed by atoms with Gasteiger partial charge in [0.1, 0.15) is 5.82 Å². The molecule has 0 saturated heterocycles. The fraction of sp³-hybridized carbons (Fsp3) is 0.250. The molecule has 4 heteroatoms. The van der Waals surface area contributed by atoms with Crippen molar-refractivity contribution in [1.29, 1.82) is 0 Å². The maximum absolute atomic E-state index is 13.0. The Morgan fingerprint density at radius 1 is 1.56 bits per heavy atom. The molecule has 0 bridgehead atoms.